The fourth-order valence-electron chi connectivity index (χ4n) is 3.14. The molecule has 1 heterocycles. The van der Waals surface area contributed by atoms with E-state index in [1.165, 1.54) is 7.11 Å². The van der Waals surface area contributed by atoms with Crippen LogP contribution in [-0.2, 0) is 21.8 Å². The number of aromatic nitrogens is 1. The van der Waals surface area contributed by atoms with E-state index >= 15 is 0 Å². The van der Waals surface area contributed by atoms with Crippen LogP contribution in [0.2, 0.25) is 0 Å². The number of nitrogens with zero attached hydrogens (tertiary/aromatic N) is 2. The highest BCUT2D eigenvalue weighted by Crippen LogP contribution is 2.24. The van der Waals surface area contributed by atoms with Crippen LogP contribution in [0.25, 0.3) is 0 Å². The van der Waals surface area contributed by atoms with Gasteiger partial charge in [0.15, 0.2) is 5.78 Å². The van der Waals surface area contributed by atoms with Crippen molar-refractivity contribution in [1.29, 1.82) is 0 Å². The molecule has 0 saturated heterocycles. The zero-order valence-electron chi connectivity index (χ0n) is 16.4. The minimum absolute atomic E-state index is 0.0558. The number of ketones is 1. The fourth-order valence-corrected chi connectivity index (χ4v) is 4.54. The number of carbonyl (C=O) groups excluding carboxylic acids is 2. The van der Waals surface area contributed by atoms with Gasteiger partial charge in [0.25, 0.3) is 0 Å². The van der Waals surface area contributed by atoms with Gasteiger partial charge in [0.1, 0.15) is 11.5 Å². The molecular weight excluding hydrogens is 387 g/mol. The average molecular weight is 410 g/mol. The Bertz CT molecular complexity index is 1010. The summed E-state index contributed by atoms with van der Waals surface area (Å²) in [7, 11) is -1.09. The highest BCUT2D eigenvalue weighted by molar-refractivity contribution is 7.89. The highest BCUT2D eigenvalue weighted by Gasteiger charge is 2.30. The monoisotopic (exact) mass is 410 g/mol. The van der Waals surface area contributed by atoms with Crippen molar-refractivity contribution in [2.24, 2.45) is 7.05 Å². The Morgan fingerprint density at radius 3 is 2.25 bits per heavy atom. The molecule has 9 heteroatoms. The summed E-state index contributed by atoms with van der Waals surface area (Å²) in [5, 5.41) is 0. The molecule has 0 aliphatic carbocycles. The maximum absolute atomic E-state index is 13.1. The Labute approximate surface area is 163 Å². The lowest BCUT2D eigenvalue weighted by Gasteiger charge is -2.20. The number of ether oxygens (including phenoxy) is 1. The molecule has 28 heavy (non-hydrogen) atoms. The number of esters is 1. The Hall–Kier alpha value is -2.52. The maximum Gasteiger partial charge on any atom is 0.354 e. The van der Waals surface area contributed by atoms with Crippen LogP contribution in [-0.4, -0.2) is 49.2 Å². The molecule has 0 bridgehead atoms. The molecule has 0 radical (unpaired) electrons. The number of carbonyl (C=O) groups is 2. The zero-order chi connectivity index (χ0) is 21.2. The average Bonchev–Trinajstić information content (AvgIpc) is 2.88. The van der Waals surface area contributed by atoms with Crippen molar-refractivity contribution in [3.05, 3.63) is 52.6 Å². The molecule has 1 aromatic heterocycles. The second-order valence-electron chi connectivity index (χ2n) is 6.29. The third-order valence-electron chi connectivity index (χ3n) is 4.71. The van der Waals surface area contributed by atoms with E-state index < -0.39 is 34.1 Å². The molecule has 0 atom stereocenters. The van der Waals surface area contributed by atoms with Crippen LogP contribution in [0.1, 0.15) is 39.0 Å². The van der Waals surface area contributed by atoms with Gasteiger partial charge in [0.05, 0.1) is 18.6 Å². The van der Waals surface area contributed by atoms with Crippen LogP contribution in [0, 0.1) is 19.7 Å². The Morgan fingerprint density at radius 1 is 1.18 bits per heavy atom. The molecule has 0 amide bonds. The van der Waals surface area contributed by atoms with Crippen molar-refractivity contribution in [3.8, 4) is 0 Å². The SMILES string of the molecule is CCN(CC(=O)c1c(C)c(C(=O)OC)n(C)c1C)S(=O)(=O)c1ccc(F)cc1. The summed E-state index contributed by atoms with van der Waals surface area (Å²) < 4.78 is 46.1. The van der Waals surface area contributed by atoms with Crippen LogP contribution < -0.4 is 0 Å². The molecule has 0 aliphatic heterocycles. The molecule has 1 aromatic carbocycles. The van der Waals surface area contributed by atoms with Crippen LogP contribution in [0.15, 0.2) is 29.2 Å². The number of Topliss-reactive ketones (excluding diaryl/α,β-unsaturated/α-hetero) is 1. The number of sulfonamides is 1. The number of likely N-dealkylation sites (N-methyl/N-ethyl adjacent to an activating group) is 1. The molecule has 0 aliphatic rings. The van der Waals surface area contributed by atoms with Crippen LogP contribution in [0.4, 0.5) is 4.39 Å². The summed E-state index contributed by atoms with van der Waals surface area (Å²) in [6, 6.07) is 4.42. The van der Waals surface area contributed by atoms with Crippen molar-refractivity contribution in [1.82, 2.24) is 8.87 Å². The van der Waals surface area contributed by atoms with Crippen molar-refractivity contribution in [3.63, 3.8) is 0 Å². The maximum atomic E-state index is 13.1. The molecule has 2 aromatic rings. The van der Waals surface area contributed by atoms with E-state index in [0.717, 1.165) is 28.6 Å². The minimum atomic E-state index is -3.97. The van der Waals surface area contributed by atoms with Crippen molar-refractivity contribution in [2.75, 3.05) is 20.2 Å². The van der Waals surface area contributed by atoms with Gasteiger partial charge < -0.3 is 9.30 Å². The number of hydrogen-bond acceptors (Lipinski definition) is 5. The first-order chi connectivity index (χ1) is 13.1. The molecule has 2 rings (SSSR count). The van der Waals surface area contributed by atoms with Gasteiger partial charge in [0.2, 0.25) is 10.0 Å². The lowest BCUT2D eigenvalue weighted by atomic mass is 10.1. The molecule has 152 valence electrons. The summed E-state index contributed by atoms with van der Waals surface area (Å²) >= 11 is 0. The Kier molecular flexibility index (Phi) is 6.41. The smallest absolute Gasteiger partial charge is 0.354 e. The van der Waals surface area contributed by atoms with E-state index in [1.807, 2.05) is 0 Å². The van der Waals surface area contributed by atoms with Gasteiger partial charge in [-0.2, -0.15) is 4.31 Å². The van der Waals surface area contributed by atoms with E-state index in [-0.39, 0.29) is 22.7 Å². The third kappa shape index (κ3) is 3.85. The number of halogens is 1. The first kappa shape index (κ1) is 21.8. The number of methoxy groups -OCH3 is 1. The molecule has 0 spiro atoms. The highest BCUT2D eigenvalue weighted by atomic mass is 32.2. The van der Waals surface area contributed by atoms with Crippen molar-refractivity contribution in [2.45, 2.75) is 25.7 Å². The summed E-state index contributed by atoms with van der Waals surface area (Å²) in [5.74, 6) is -1.56. The lowest BCUT2D eigenvalue weighted by Crippen LogP contribution is -2.35. The summed E-state index contributed by atoms with van der Waals surface area (Å²) in [5.41, 5.74) is 1.51. The van der Waals surface area contributed by atoms with Crippen LogP contribution >= 0.6 is 0 Å². The number of hydrogen-bond donors (Lipinski definition) is 0. The lowest BCUT2D eigenvalue weighted by molar-refractivity contribution is 0.0588. The molecule has 0 saturated carbocycles. The topological polar surface area (TPSA) is 85.7 Å². The second kappa shape index (κ2) is 8.24. The number of benzene rings is 1. The summed E-state index contributed by atoms with van der Waals surface area (Å²) in [6.07, 6.45) is 0. The van der Waals surface area contributed by atoms with E-state index in [0.29, 0.717) is 11.3 Å². The van der Waals surface area contributed by atoms with Gasteiger partial charge in [-0.15, -0.1) is 0 Å². The molecular formula is C19H23FN2O5S. The Balaban J connectivity index is 2.40. The second-order valence-corrected chi connectivity index (χ2v) is 8.23. The largest absolute Gasteiger partial charge is 0.464 e. The van der Waals surface area contributed by atoms with Crippen molar-refractivity contribution < 1.29 is 27.1 Å². The molecule has 7 nitrogen and oxygen atoms in total. The summed E-state index contributed by atoms with van der Waals surface area (Å²) in [6.45, 7) is 4.57. The van der Waals surface area contributed by atoms with Crippen LogP contribution in [0.5, 0.6) is 0 Å². The van der Waals surface area contributed by atoms with E-state index in [1.54, 1.807) is 32.4 Å². The first-order valence-electron chi connectivity index (χ1n) is 8.59. The van der Waals surface area contributed by atoms with Gasteiger partial charge in [-0.3, -0.25) is 4.79 Å². The van der Waals surface area contributed by atoms with Gasteiger partial charge in [0, 0.05) is 24.8 Å². The van der Waals surface area contributed by atoms with Crippen molar-refractivity contribution >= 4 is 21.8 Å². The van der Waals surface area contributed by atoms with E-state index in [2.05, 4.69) is 0 Å². The standard InChI is InChI=1S/C19H23FN2O5S/c1-6-22(28(25,26)15-9-7-14(20)8-10-15)11-16(23)17-12(2)18(19(24)27-5)21(4)13(17)3/h7-10H,6,11H2,1-5H3. The van der Waals surface area contributed by atoms with Gasteiger partial charge in [-0.05, 0) is 43.7 Å². The van der Waals surface area contributed by atoms with Gasteiger partial charge >= 0.3 is 5.97 Å². The number of rotatable bonds is 7. The van der Waals surface area contributed by atoms with Gasteiger partial charge in [-0.1, -0.05) is 6.92 Å². The third-order valence-corrected chi connectivity index (χ3v) is 6.65. The zero-order valence-corrected chi connectivity index (χ0v) is 17.3. The fraction of sp³-hybridized carbons (Fsp3) is 0.368. The molecule has 0 unspecified atom stereocenters. The molecule has 0 fully saturated rings. The quantitative estimate of drug-likeness (QED) is 0.517. The normalized spacial score (nSPS) is 11.7. The predicted molar refractivity (Wildman–Crippen MR) is 101 cm³/mol. The minimum Gasteiger partial charge on any atom is -0.464 e. The van der Waals surface area contributed by atoms with Crippen LogP contribution in [0.3, 0.4) is 0 Å². The first-order valence-corrected chi connectivity index (χ1v) is 10.0. The Morgan fingerprint density at radius 2 is 1.75 bits per heavy atom. The summed E-state index contributed by atoms with van der Waals surface area (Å²) in [4.78, 5) is 24.8. The van der Waals surface area contributed by atoms with E-state index in [4.69, 9.17) is 4.74 Å². The predicted octanol–water partition coefficient (Wildman–Crippen LogP) is 2.46. The molecule has 0 N–H and O–H groups in total. The van der Waals surface area contributed by atoms with Gasteiger partial charge in [-0.25, -0.2) is 17.6 Å². The van der Waals surface area contributed by atoms with E-state index in [9.17, 15) is 22.4 Å².